The Balaban J connectivity index is 2.00. The van der Waals surface area contributed by atoms with E-state index < -0.39 is 0 Å². The first-order valence-electron chi connectivity index (χ1n) is 5.57. The molecule has 0 aromatic carbocycles. The molecule has 0 amide bonds. The van der Waals surface area contributed by atoms with E-state index in [9.17, 15) is 0 Å². The molecule has 1 aliphatic heterocycles. The normalized spacial score (nSPS) is 56.0. The lowest BCUT2D eigenvalue weighted by atomic mass is 9.75. The van der Waals surface area contributed by atoms with E-state index in [-0.39, 0.29) is 11.6 Å². The van der Waals surface area contributed by atoms with Gasteiger partial charge in [-0.3, -0.25) is 0 Å². The summed E-state index contributed by atoms with van der Waals surface area (Å²) in [5.41, 5.74) is 0.772. The molecule has 0 N–H and O–H groups in total. The van der Waals surface area contributed by atoms with Crippen LogP contribution in [0.1, 0.15) is 39.5 Å². The van der Waals surface area contributed by atoms with Crippen molar-refractivity contribution in [2.24, 2.45) is 17.3 Å². The molecule has 2 saturated carbocycles. The quantitative estimate of drug-likeness (QED) is 0.556. The summed E-state index contributed by atoms with van der Waals surface area (Å²) in [5.74, 6) is 1.35. The Bertz CT molecular complexity index is 248. The average molecular weight is 176 g/mol. The van der Waals surface area contributed by atoms with Gasteiger partial charge in [0.1, 0.15) is 7.85 Å². The van der Waals surface area contributed by atoms with Crippen molar-refractivity contribution in [1.82, 2.24) is 0 Å². The number of hydrogen-bond acceptors (Lipinski definition) is 1. The summed E-state index contributed by atoms with van der Waals surface area (Å²) in [5, 5.41) is 0. The first kappa shape index (κ1) is 8.34. The highest BCUT2D eigenvalue weighted by Gasteiger charge is 2.69. The third-order valence-electron chi connectivity index (χ3n) is 4.94. The fourth-order valence-corrected chi connectivity index (χ4v) is 4.06. The summed E-state index contributed by atoms with van der Waals surface area (Å²) in [6.07, 6.45) is 5.23. The molecule has 2 bridgehead atoms. The summed E-state index contributed by atoms with van der Waals surface area (Å²) in [6, 6.07) is 0.0335. The van der Waals surface area contributed by atoms with Gasteiger partial charge in [0.05, 0.1) is 5.60 Å². The summed E-state index contributed by atoms with van der Waals surface area (Å²) >= 11 is 0. The van der Waals surface area contributed by atoms with Gasteiger partial charge in [0.2, 0.25) is 0 Å². The van der Waals surface area contributed by atoms with E-state index in [0.29, 0.717) is 17.3 Å². The average Bonchev–Trinajstić information content (AvgIpc) is 2.72. The molecule has 70 valence electrons. The first-order valence-corrected chi connectivity index (χ1v) is 5.57. The van der Waals surface area contributed by atoms with Crippen LogP contribution in [-0.2, 0) is 4.74 Å². The van der Waals surface area contributed by atoms with Gasteiger partial charge in [0.15, 0.2) is 0 Å². The molecule has 3 aliphatic rings. The summed E-state index contributed by atoms with van der Waals surface area (Å²) < 4.78 is 5.96. The van der Waals surface area contributed by atoms with Gasteiger partial charge in [-0.1, -0.05) is 13.8 Å². The maximum Gasteiger partial charge on any atom is 0.109 e. The van der Waals surface area contributed by atoms with Crippen LogP contribution in [0.25, 0.3) is 0 Å². The molecular weight excluding hydrogens is 159 g/mol. The van der Waals surface area contributed by atoms with Crippen LogP contribution in [0.15, 0.2) is 0 Å². The highest BCUT2D eigenvalue weighted by molar-refractivity contribution is 6.11. The zero-order valence-electron chi connectivity index (χ0n) is 8.55. The lowest BCUT2D eigenvalue weighted by Crippen LogP contribution is -2.36. The van der Waals surface area contributed by atoms with Crippen molar-refractivity contribution in [3.63, 3.8) is 0 Å². The topological polar surface area (TPSA) is 9.23 Å². The maximum absolute atomic E-state index is 6.06. The largest absolute Gasteiger partial charge is 0.381 e. The minimum absolute atomic E-state index is 0.0335. The second-order valence-corrected chi connectivity index (χ2v) is 5.35. The molecule has 1 saturated heterocycles. The summed E-state index contributed by atoms with van der Waals surface area (Å²) in [6.45, 7) is 4.58. The van der Waals surface area contributed by atoms with E-state index >= 15 is 0 Å². The van der Waals surface area contributed by atoms with Gasteiger partial charge in [0.25, 0.3) is 0 Å². The van der Waals surface area contributed by atoms with Crippen LogP contribution in [0.4, 0.5) is 0 Å². The Morgan fingerprint density at radius 2 is 2.15 bits per heavy atom. The number of fused-ring (bicyclic) bond motifs is 3. The van der Waals surface area contributed by atoms with Crippen molar-refractivity contribution < 1.29 is 4.74 Å². The molecule has 0 aromatic rings. The molecule has 2 heteroatoms. The van der Waals surface area contributed by atoms with Gasteiger partial charge >= 0.3 is 0 Å². The molecule has 0 aromatic heterocycles. The SMILES string of the molecule is [B][C@@H]1O[C@@]2(CC)CC3(CC3)[C@H]1C2C. The van der Waals surface area contributed by atoms with Crippen LogP contribution in [0.2, 0.25) is 0 Å². The van der Waals surface area contributed by atoms with Crippen LogP contribution in [0, 0.1) is 17.3 Å². The van der Waals surface area contributed by atoms with Gasteiger partial charge in [0, 0.05) is 6.00 Å². The monoisotopic (exact) mass is 176 g/mol. The zero-order chi connectivity index (χ0) is 9.27. The van der Waals surface area contributed by atoms with E-state index in [1.807, 2.05) is 0 Å². The van der Waals surface area contributed by atoms with Gasteiger partial charge in [-0.15, -0.1) is 0 Å². The van der Waals surface area contributed by atoms with Gasteiger partial charge in [-0.25, -0.2) is 0 Å². The van der Waals surface area contributed by atoms with E-state index in [1.54, 1.807) is 0 Å². The Kier molecular flexibility index (Phi) is 1.38. The Hall–Kier alpha value is 0.0249. The minimum atomic E-state index is 0.0335. The van der Waals surface area contributed by atoms with Crippen molar-refractivity contribution in [3.05, 3.63) is 0 Å². The predicted molar refractivity (Wildman–Crippen MR) is 52.6 cm³/mol. The van der Waals surface area contributed by atoms with Crippen LogP contribution in [0.5, 0.6) is 0 Å². The predicted octanol–water partition coefficient (Wildman–Crippen LogP) is 2.10. The second kappa shape index (κ2) is 2.16. The molecule has 3 rings (SSSR count). The van der Waals surface area contributed by atoms with Crippen LogP contribution < -0.4 is 0 Å². The smallest absolute Gasteiger partial charge is 0.109 e. The fourth-order valence-electron chi connectivity index (χ4n) is 4.06. The van der Waals surface area contributed by atoms with Crippen molar-refractivity contribution in [1.29, 1.82) is 0 Å². The van der Waals surface area contributed by atoms with E-state index in [0.717, 1.165) is 6.42 Å². The number of hydrogen-bond donors (Lipinski definition) is 0. The maximum atomic E-state index is 6.06. The van der Waals surface area contributed by atoms with Crippen molar-refractivity contribution in [2.45, 2.75) is 51.1 Å². The zero-order valence-corrected chi connectivity index (χ0v) is 8.55. The Labute approximate surface area is 81.6 Å². The number of ether oxygens (including phenoxy) is 1. The summed E-state index contributed by atoms with van der Waals surface area (Å²) in [4.78, 5) is 0. The molecule has 1 nitrogen and oxygen atoms in total. The lowest BCUT2D eigenvalue weighted by molar-refractivity contribution is -0.0675. The van der Waals surface area contributed by atoms with E-state index in [2.05, 4.69) is 13.8 Å². The van der Waals surface area contributed by atoms with Gasteiger partial charge in [-0.05, 0) is 42.9 Å². The fraction of sp³-hybridized carbons (Fsp3) is 1.00. The molecule has 2 radical (unpaired) electrons. The van der Waals surface area contributed by atoms with Crippen molar-refractivity contribution in [2.75, 3.05) is 0 Å². The Morgan fingerprint density at radius 3 is 2.54 bits per heavy atom. The molecule has 1 spiro atoms. The molecule has 13 heavy (non-hydrogen) atoms. The van der Waals surface area contributed by atoms with Crippen molar-refractivity contribution >= 4 is 7.85 Å². The molecule has 2 aliphatic carbocycles. The molecule has 3 fully saturated rings. The third kappa shape index (κ3) is 0.794. The summed E-state index contributed by atoms with van der Waals surface area (Å²) in [7, 11) is 6.06. The van der Waals surface area contributed by atoms with Crippen LogP contribution in [-0.4, -0.2) is 19.5 Å². The first-order chi connectivity index (χ1) is 6.14. The highest BCUT2D eigenvalue weighted by atomic mass is 16.5. The standard InChI is InChI=1S/C11H17BO/c1-3-11-6-10(4-5-10)8(7(11)2)9(12)13-11/h7-9H,3-6H2,1-2H3/t7?,8-,9+,11-/m0/s1. The minimum Gasteiger partial charge on any atom is -0.381 e. The molecular formula is C11H17BO. The van der Waals surface area contributed by atoms with E-state index in [4.69, 9.17) is 12.6 Å². The van der Waals surface area contributed by atoms with E-state index in [1.165, 1.54) is 19.3 Å². The second-order valence-electron chi connectivity index (χ2n) is 5.35. The van der Waals surface area contributed by atoms with Crippen LogP contribution >= 0.6 is 0 Å². The highest BCUT2D eigenvalue weighted by Crippen LogP contribution is 2.72. The van der Waals surface area contributed by atoms with Gasteiger partial charge < -0.3 is 4.74 Å². The van der Waals surface area contributed by atoms with Crippen molar-refractivity contribution in [3.8, 4) is 0 Å². The Morgan fingerprint density at radius 1 is 1.46 bits per heavy atom. The van der Waals surface area contributed by atoms with Crippen LogP contribution in [0.3, 0.4) is 0 Å². The molecule has 1 unspecified atom stereocenters. The third-order valence-corrected chi connectivity index (χ3v) is 4.94. The van der Waals surface area contributed by atoms with Gasteiger partial charge in [-0.2, -0.15) is 0 Å². The lowest BCUT2D eigenvalue weighted by Gasteiger charge is -2.34. The molecule has 4 atom stereocenters. The molecule has 1 heterocycles. The number of rotatable bonds is 1.